The van der Waals surface area contributed by atoms with E-state index in [-0.39, 0.29) is 6.04 Å². The molecule has 3 unspecified atom stereocenters. The first kappa shape index (κ1) is 8.75. The molecule has 0 aliphatic heterocycles. The second-order valence-electron chi connectivity index (χ2n) is 4.24. The van der Waals surface area contributed by atoms with Gasteiger partial charge in [0.15, 0.2) is 0 Å². The van der Waals surface area contributed by atoms with Gasteiger partial charge in [-0.15, -0.1) is 0 Å². The van der Waals surface area contributed by atoms with Crippen molar-refractivity contribution < 1.29 is 0 Å². The Bertz CT molecular complexity index is 296. The lowest BCUT2D eigenvalue weighted by Gasteiger charge is -2.12. The van der Waals surface area contributed by atoms with E-state index in [4.69, 9.17) is 5.73 Å². The van der Waals surface area contributed by atoms with E-state index in [1.165, 1.54) is 17.7 Å². The Hall–Kier alpha value is -0.830. The molecule has 3 heteroatoms. The predicted octanol–water partition coefficient (Wildman–Crippen LogP) is 1.38. The number of hydrogen-bond acceptors (Lipinski definition) is 2. The molecule has 1 aromatic heterocycles. The Balaban J connectivity index is 2.24. The highest BCUT2D eigenvalue weighted by molar-refractivity contribution is 5.21. The molecular weight excluding hydrogens is 162 g/mol. The van der Waals surface area contributed by atoms with Crippen molar-refractivity contribution in [1.82, 2.24) is 9.78 Å². The number of rotatable bonds is 2. The van der Waals surface area contributed by atoms with Crippen LogP contribution in [0, 0.1) is 18.8 Å². The van der Waals surface area contributed by atoms with Crippen LogP contribution in [0.2, 0.25) is 0 Å². The van der Waals surface area contributed by atoms with Gasteiger partial charge in [0.25, 0.3) is 0 Å². The maximum atomic E-state index is 6.18. The highest BCUT2D eigenvalue weighted by atomic mass is 15.3. The van der Waals surface area contributed by atoms with Gasteiger partial charge in [0.1, 0.15) is 0 Å². The summed E-state index contributed by atoms with van der Waals surface area (Å²) in [6, 6.07) is 0.183. The molecule has 2 rings (SSSR count). The molecule has 1 heterocycles. The van der Waals surface area contributed by atoms with Crippen LogP contribution in [0.1, 0.15) is 30.6 Å². The quantitative estimate of drug-likeness (QED) is 0.745. The van der Waals surface area contributed by atoms with Gasteiger partial charge in [-0.25, -0.2) is 0 Å². The Morgan fingerprint density at radius 3 is 2.69 bits per heavy atom. The van der Waals surface area contributed by atoms with Crippen molar-refractivity contribution >= 4 is 0 Å². The van der Waals surface area contributed by atoms with E-state index < -0.39 is 0 Å². The van der Waals surface area contributed by atoms with Gasteiger partial charge in [-0.3, -0.25) is 4.68 Å². The lowest BCUT2D eigenvalue weighted by Crippen LogP contribution is -2.18. The van der Waals surface area contributed by atoms with Gasteiger partial charge in [-0.1, -0.05) is 6.92 Å². The van der Waals surface area contributed by atoms with Crippen molar-refractivity contribution in [2.75, 3.05) is 0 Å². The smallest absolute Gasteiger partial charge is 0.0580 e. The summed E-state index contributed by atoms with van der Waals surface area (Å²) in [6.07, 6.45) is 3.16. The zero-order valence-electron chi connectivity index (χ0n) is 8.49. The second kappa shape index (κ2) is 2.84. The summed E-state index contributed by atoms with van der Waals surface area (Å²) in [5, 5.41) is 4.21. The monoisotopic (exact) mass is 179 g/mol. The van der Waals surface area contributed by atoms with Crippen LogP contribution in [0.25, 0.3) is 0 Å². The van der Waals surface area contributed by atoms with E-state index in [9.17, 15) is 0 Å². The molecule has 0 bridgehead atoms. The molecule has 0 amide bonds. The summed E-state index contributed by atoms with van der Waals surface area (Å²) >= 11 is 0. The lowest BCUT2D eigenvalue weighted by molar-refractivity contribution is 0.539. The molecular formula is C10H17N3. The van der Waals surface area contributed by atoms with Crippen LogP contribution in [0.3, 0.4) is 0 Å². The van der Waals surface area contributed by atoms with Gasteiger partial charge < -0.3 is 5.73 Å². The minimum absolute atomic E-state index is 0.183. The third-order valence-electron chi connectivity index (χ3n) is 3.13. The largest absolute Gasteiger partial charge is 0.322 e. The van der Waals surface area contributed by atoms with Gasteiger partial charge >= 0.3 is 0 Å². The normalized spacial score (nSPS) is 28.9. The Morgan fingerprint density at radius 2 is 2.31 bits per heavy atom. The van der Waals surface area contributed by atoms with Gasteiger partial charge in [-0.05, 0) is 30.7 Å². The van der Waals surface area contributed by atoms with Crippen molar-refractivity contribution in [3.05, 3.63) is 17.5 Å². The van der Waals surface area contributed by atoms with Crippen LogP contribution in [-0.2, 0) is 7.05 Å². The first-order valence-electron chi connectivity index (χ1n) is 4.85. The highest BCUT2D eigenvalue weighted by Gasteiger charge is 2.39. The lowest BCUT2D eigenvalue weighted by atomic mass is 10.1. The zero-order chi connectivity index (χ0) is 9.59. The number of aryl methyl sites for hydroxylation is 2. The van der Waals surface area contributed by atoms with Crippen LogP contribution in [-0.4, -0.2) is 9.78 Å². The third kappa shape index (κ3) is 1.37. The fourth-order valence-electron chi connectivity index (χ4n) is 2.09. The second-order valence-corrected chi connectivity index (χ2v) is 4.24. The number of hydrogen-bond donors (Lipinski definition) is 1. The SMILES string of the molecule is Cc1cnn(C)c1C(N)C1CC1C. The van der Waals surface area contributed by atoms with E-state index in [0.717, 1.165) is 5.92 Å². The summed E-state index contributed by atoms with van der Waals surface area (Å²) < 4.78 is 1.91. The molecule has 0 aromatic carbocycles. The Labute approximate surface area is 78.9 Å². The van der Waals surface area contributed by atoms with Crippen molar-refractivity contribution in [1.29, 1.82) is 0 Å². The molecule has 0 spiro atoms. The molecule has 1 aliphatic rings. The minimum Gasteiger partial charge on any atom is -0.322 e. The van der Waals surface area contributed by atoms with Crippen molar-refractivity contribution in [3.63, 3.8) is 0 Å². The van der Waals surface area contributed by atoms with E-state index in [1.807, 2.05) is 17.9 Å². The molecule has 1 saturated carbocycles. The molecule has 1 fully saturated rings. The molecule has 0 saturated heterocycles. The standard InChI is InChI=1S/C10H17N3/c1-6-4-8(6)9(11)10-7(2)5-12-13(10)3/h5-6,8-9H,4,11H2,1-3H3. The molecule has 0 radical (unpaired) electrons. The Morgan fingerprint density at radius 1 is 1.69 bits per heavy atom. The average molecular weight is 179 g/mol. The van der Waals surface area contributed by atoms with E-state index in [1.54, 1.807) is 0 Å². The van der Waals surface area contributed by atoms with Gasteiger partial charge in [0.2, 0.25) is 0 Å². The fourth-order valence-corrected chi connectivity index (χ4v) is 2.09. The van der Waals surface area contributed by atoms with Crippen LogP contribution < -0.4 is 5.73 Å². The van der Waals surface area contributed by atoms with Gasteiger partial charge in [-0.2, -0.15) is 5.10 Å². The third-order valence-corrected chi connectivity index (χ3v) is 3.13. The summed E-state index contributed by atoms with van der Waals surface area (Å²) in [5.74, 6) is 1.47. The number of nitrogens with two attached hydrogens (primary N) is 1. The molecule has 13 heavy (non-hydrogen) atoms. The van der Waals surface area contributed by atoms with E-state index in [0.29, 0.717) is 5.92 Å². The van der Waals surface area contributed by atoms with Crippen LogP contribution in [0.4, 0.5) is 0 Å². The van der Waals surface area contributed by atoms with Gasteiger partial charge in [0, 0.05) is 7.05 Å². The van der Waals surface area contributed by atoms with E-state index in [2.05, 4.69) is 18.9 Å². The highest BCUT2D eigenvalue weighted by Crippen LogP contribution is 2.46. The van der Waals surface area contributed by atoms with Crippen LogP contribution in [0.5, 0.6) is 0 Å². The summed E-state index contributed by atoms with van der Waals surface area (Å²) in [7, 11) is 1.97. The number of aromatic nitrogens is 2. The van der Waals surface area contributed by atoms with E-state index >= 15 is 0 Å². The maximum Gasteiger partial charge on any atom is 0.0580 e. The molecule has 72 valence electrons. The van der Waals surface area contributed by atoms with Crippen molar-refractivity contribution in [3.8, 4) is 0 Å². The van der Waals surface area contributed by atoms with Crippen molar-refractivity contribution in [2.45, 2.75) is 26.3 Å². The molecule has 3 atom stereocenters. The topological polar surface area (TPSA) is 43.8 Å². The summed E-state index contributed by atoms with van der Waals surface area (Å²) in [5.41, 5.74) is 8.60. The summed E-state index contributed by atoms with van der Waals surface area (Å²) in [4.78, 5) is 0. The maximum absolute atomic E-state index is 6.18. The van der Waals surface area contributed by atoms with Crippen LogP contribution >= 0.6 is 0 Å². The first-order valence-corrected chi connectivity index (χ1v) is 4.85. The molecule has 1 aliphatic carbocycles. The zero-order valence-corrected chi connectivity index (χ0v) is 8.49. The molecule has 1 aromatic rings. The predicted molar refractivity (Wildman–Crippen MR) is 52.1 cm³/mol. The Kier molecular flexibility index (Phi) is 1.91. The summed E-state index contributed by atoms with van der Waals surface area (Å²) in [6.45, 7) is 4.34. The molecule has 2 N–H and O–H groups in total. The first-order chi connectivity index (χ1) is 6.11. The number of nitrogens with zero attached hydrogens (tertiary/aromatic N) is 2. The molecule has 3 nitrogen and oxygen atoms in total. The van der Waals surface area contributed by atoms with Crippen molar-refractivity contribution in [2.24, 2.45) is 24.6 Å². The average Bonchev–Trinajstić information content (AvgIpc) is 2.70. The fraction of sp³-hybridized carbons (Fsp3) is 0.700. The minimum atomic E-state index is 0.183. The van der Waals surface area contributed by atoms with Crippen LogP contribution in [0.15, 0.2) is 6.20 Å². The van der Waals surface area contributed by atoms with Gasteiger partial charge in [0.05, 0.1) is 17.9 Å².